The first-order chi connectivity index (χ1) is 7.83. The third kappa shape index (κ3) is 7.72. The van der Waals surface area contributed by atoms with Crippen LogP contribution in [0.15, 0.2) is 61.4 Å². The van der Waals surface area contributed by atoms with E-state index in [0.717, 1.165) is 5.75 Å². The molecule has 0 heterocycles. The number of benzene rings is 2. The van der Waals surface area contributed by atoms with Crippen LogP contribution in [-0.2, 0) is 32.7 Å². The van der Waals surface area contributed by atoms with Gasteiger partial charge in [0, 0.05) is 44.2 Å². The Morgan fingerprint density at radius 3 is 1.82 bits per heavy atom. The van der Waals surface area contributed by atoms with Gasteiger partial charge in [-0.2, -0.15) is 36.4 Å². The van der Waals surface area contributed by atoms with Gasteiger partial charge in [-0.05, 0) is 0 Å². The largest absolute Gasteiger partial charge is 0.533 e. The molecule has 0 saturated heterocycles. The second-order valence-corrected chi connectivity index (χ2v) is 2.78. The molecule has 0 amide bonds. The van der Waals surface area contributed by atoms with Crippen LogP contribution in [0.4, 0.5) is 0 Å². The molecule has 0 aliphatic rings. The van der Waals surface area contributed by atoms with E-state index in [9.17, 15) is 0 Å². The van der Waals surface area contributed by atoms with E-state index in [1.165, 1.54) is 6.26 Å². The maximum absolute atomic E-state index is 8.61. The summed E-state index contributed by atoms with van der Waals surface area (Å²) >= 11 is 0. The van der Waals surface area contributed by atoms with Crippen molar-refractivity contribution in [1.29, 1.82) is 0 Å². The molecule has 2 rings (SSSR count). The molecular formula is C14H12O2Y-2. The summed E-state index contributed by atoms with van der Waals surface area (Å²) < 4.78 is 4.95. The molecule has 1 radical (unpaired) electrons. The van der Waals surface area contributed by atoms with E-state index in [-0.39, 0.29) is 32.7 Å². The number of hydrogen-bond donors (Lipinski definition) is 1. The van der Waals surface area contributed by atoms with Gasteiger partial charge in [-0.1, -0.05) is 6.58 Å². The quantitative estimate of drug-likeness (QED) is 0.682. The molecule has 2 nitrogen and oxygen atoms in total. The fourth-order valence-corrected chi connectivity index (χ4v) is 0.924. The van der Waals surface area contributed by atoms with Crippen molar-refractivity contribution < 1.29 is 42.6 Å². The number of phenolic OH excluding ortho intramolecular Hbond substituents is 1. The van der Waals surface area contributed by atoms with Crippen molar-refractivity contribution in [2.75, 3.05) is 0 Å². The molecule has 0 atom stereocenters. The first-order valence-electron chi connectivity index (χ1n) is 4.71. The molecule has 0 fully saturated rings. The smallest absolute Gasteiger partial charge is 0.0806 e. The molecule has 0 saturated carbocycles. The van der Waals surface area contributed by atoms with Crippen LogP contribution in [0.1, 0.15) is 0 Å². The van der Waals surface area contributed by atoms with Gasteiger partial charge in [0.25, 0.3) is 0 Å². The molecule has 17 heavy (non-hydrogen) atoms. The summed E-state index contributed by atoms with van der Waals surface area (Å²) in [6, 6.07) is 19.4. The number of aromatic hydroxyl groups is 1. The normalized spacial score (nSPS) is 8.00. The van der Waals surface area contributed by atoms with Crippen LogP contribution >= 0.6 is 0 Å². The van der Waals surface area contributed by atoms with Gasteiger partial charge in [0.1, 0.15) is 0 Å². The number of rotatable bonds is 2. The third-order valence-corrected chi connectivity index (χ3v) is 1.61. The predicted octanol–water partition coefficient (Wildman–Crippen LogP) is 3.20. The van der Waals surface area contributed by atoms with Crippen molar-refractivity contribution in [2.24, 2.45) is 0 Å². The van der Waals surface area contributed by atoms with Crippen LogP contribution in [0.3, 0.4) is 0 Å². The van der Waals surface area contributed by atoms with Crippen LogP contribution in [0.25, 0.3) is 0 Å². The molecule has 0 aromatic heterocycles. The van der Waals surface area contributed by atoms with Crippen LogP contribution in [0.2, 0.25) is 0 Å². The van der Waals surface area contributed by atoms with Crippen LogP contribution in [0.5, 0.6) is 11.5 Å². The zero-order valence-electron chi connectivity index (χ0n) is 9.34. The summed E-state index contributed by atoms with van der Waals surface area (Å²) in [6.45, 7) is 3.42. The summed E-state index contributed by atoms with van der Waals surface area (Å²) in [6.07, 6.45) is 1.40. The first-order valence-corrected chi connectivity index (χ1v) is 4.71. The summed E-state index contributed by atoms with van der Waals surface area (Å²) in [5, 5.41) is 8.61. The van der Waals surface area contributed by atoms with E-state index in [1.807, 2.05) is 12.1 Å². The summed E-state index contributed by atoms with van der Waals surface area (Å²) in [5.74, 6) is 1.09. The summed E-state index contributed by atoms with van der Waals surface area (Å²) in [4.78, 5) is 0. The predicted molar refractivity (Wildman–Crippen MR) is 63.0 cm³/mol. The van der Waals surface area contributed by atoms with Gasteiger partial charge in [0.15, 0.2) is 0 Å². The zero-order valence-corrected chi connectivity index (χ0v) is 12.2. The molecular weight excluding hydrogens is 289 g/mol. The Hall–Kier alpha value is -1.12. The van der Waals surface area contributed by atoms with Crippen LogP contribution in [0, 0.1) is 12.1 Å². The summed E-state index contributed by atoms with van der Waals surface area (Å²) in [5.41, 5.74) is 0. The SMILES string of the molecule is C=COc1cc[c-]cc1.Oc1cc[c-]cc1.[Y]. The molecule has 85 valence electrons. The molecule has 3 heteroatoms. The Bertz CT molecular complexity index is 401. The Kier molecular flexibility index (Phi) is 9.40. The van der Waals surface area contributed by atoms with Gasteiger partial charge in [-0.25, -0.2) is 0 Å². The maximum Gasteiger partial charge on any atom is 0.0806 e. The van der Waals surface area contributed by atoms with Crippen LogP contribution < -0.4 is 4.74 Å². The van der Waals surface area contributed by atoms with Crippen LogP contribution in [-0.4, -0.2) is 5.11 Å². The number of hydrogen-bond acceptors (Lipinski definition) is 2. The van der Waals surface area contributed by atoms with Gasteiger partial charge in [0.05, 0.1) is 6.26 Å². The Morgan fingerprint density at radius 2 is 1.47 bits per heavy atom. The second-order valence-electron chi connectivity index (χ2n) is 2.78. The van der Waals surface area contributed by atoms with Gasteiger partial charge in [-0.15, -0.1) is 24.3 Å². The molecule has 0 unspecified atom stereocenters. The van der Waals surface area contributed by atoms with Gasteiger partial charge >= 0.3 is 0 Å². The Balaban J connectivity index is 0.000000292. The minimum Gasteiger partial charge on any atom is -0.533 e. The Morgan fingerprint density at radius 1 is 1.00 bits per heavy atom. The fraction of sp³-hybridized carbons (Fsp3) is 0. The van der Waals surface area contributed by atoms with Crippen molar-refractivity contribution in [3.63, 3.8) is 0 Å². The van der Waals surface area contributed by atoms with Gasteiger partial charge in [0.2, 0.25) is 0 Å². The van der Waals surface area contributed by atoms with Gasteiger partial charge in [-0.3, -0.25) is 0 Å². The second kappa shape index (κ2) is 10.1. The van der Waals surface area contributed by atoms with E-state index >= 15 is 0 Å². The Labute approximate surface area is 127 Å². The standard InChI is InChI=1S/C8H7O.C6H5O.Y/c1-2-9-8-6-4-3-5-7-8;7-6-4-2-1-3-5-6;/h2,4-7H,1H2;2-5,7H;/q2*-1;. The zero-order chi connectivity index (χ0) is 11.6. The molecule has 0 bridgehead atoms. The average Bonchev–Trinajstić information content (AvgIpc) is 2.33. The monoisotopic (exact) mass is 301 g/mol. The fourth-order valence-electron chi connectivity index (χ4n) is 0.924. The minimum atomic E-state index is 0. The van der Waals surface area contributed by atoms with E-state index < -0.39 is 0 Å². The molecule has 1 N–H and O–H groups in total. The van der Waals surface area contributed by atoms with E-state index in [0.29, 0.717) is 5.75 Å². The maximum atomic E-state index is 8.61. The van der Waals surface area contributed by atoms with Crippen molar-refractivity contribution in [3.05, 3.63) is 73.5 Å². The minimum absolute atomic E-state index is 0. The third-order valence-electron chi connectivity index (χ3n) is 1.61. The molecule has 0 spiro atoms. The van der Waals surface area contributed by atoms with Crippen molar-refractivity contribution in [2.45, 2.75) is 0 Å². The van der Waals surface area contributed by atoms with Crippen molar-refractivity contribution >= 4 is 0 Å². The molecule has 0 aliphatic heterocycles. The van der Waals surface area contributed by atoms with E-state index in [1.54, 1.807) is 36.4 Å². The first kappa shape index (κ1) is 15.9. The van der Waals surface area contributed by atoms with E-state index in [4.69, 9.17) is 9.84 Å². The average molecular weight is 301 g/mol. The van der Waals surface area contributed by atoms with Gasteiger partial charge < -0.3 is 9.84 Å². The number of phenols is 1. The molecule has 2 aromatic rings. The topological polar surface area (TPSA) is 29.5 Å². The summed E-state index contributed by atoms with van der Waals surface area (Å²) in [7, 11) is 0. The van der Waals surface area contributed by atoms with Crippen molar-refractivity contribution in [3.8, 4) is 11.5 Å². The molecule has 2 aromatic carbocycles. The number of ether oxygens (including phenoxy) is 1. The molecule has 0 aliphatic carbocycles. The van der Waals surface area contributed by atoms with Crippen molar-refractivity contribution in [1.82, 2.24) is 0 Å². The van der Waals surface area contributed by atoms with E-state index in [2.05, 4.69) is 18.7 Å².